The molecule has 3 heteroatoms. The summed E-state index contributed by atoms with van der Waals surface area (Å²) in [6, 6.07) is 0. The Morgan fingerprint density at radius 2 is 2.38 bits per heavy atom. The second-order valence-corrected chi connectivity index (χ2v) is 2.67. The van der Waals surface area contributed by atoms with Crippen LogP contribution in [-0.4, -0.2) is 16.4 Å². The number of rotatable bonds is 3. The second kappa shape index (κ2) is 4.79. The van der Waals surface area contributed by atoms with Gasteiger partial charge in [0, 0.05) is 0 Å². The summed E-state index contributed by atoms with van der Waals surface area (Å²) in [4.78, 5) is 13.5. The van der Waals surface area contributed by atoms with Crippen LogP contribution in [0.5, 0.6) is 0 Å². The standard InChI is InChI=1S/C5H5NO.W/c1-2-6-4-3-5-7;/h2,4-5H,1H2;. The summed E-state index contributed by atoms with van der Waals surface area (Å²) in [5.74, 6) is 0. The number of hydrogen-bond donors (Lipinski definition) is 0. The van der Waals surface area contributed by atoms with Crippen molar-refractivity contribution in [1.82, 2.24) is 0 Å². The Labute approximate surface area is 58.7 Å². The fourth-order valence-electron chi connectivity index (χ4n) is 0.157. The normalized spacial score (nSPS) is 9.00. The molecule has 0 saturated heterocycles. The maximum atomic E-state index is 9.87. The molecule has 0 aromatic carbocycles. The molecule has 0 aromatic rings. The van der Waals surface area contributed by atoms with Crippen molar-refractivity contribution in [2.45, 2.75) is 0 Å². The molecule has 2 nitrogen and oxygen atoms in total. The average Bonchev–Trinajstić information content (AvgIpc) is 1.83. The third-order valence-electron chi connectivity index (χ3n) is 0.423. The van der Waals surface area contributed by atoms with Gasteiger partial charge in [0.1, 0.15) is 0 Å². The molecule has 0 fully saturated rings. The summed E-state index contributed by atoms with van der Waals surface area (Å²) in [6.07, 6.45) is 3.67. The van der Waals surface area contributed by atoms with Crippen LogP contribution >= 0.6 is 0 Å². The molecule has 8 heavy (non-hydrogen) atoms. The summed E-state index contributed by atoms with van der Waals surface area (Å²) in [6.45, 7) is 3.35. The molecule has 0 saturated carbocycles. The monoisotopic (exact) mass is 279 g/mol. The number of carbonyl (C=O) groups excluding carboxylic acids is 1. The molecular formula is C5H5NOW. The Hall–Kier alpha value is -0.362. The van der Waals surface area contributed by atoms with Gasteiger partial charge in [0.25, 0.3) is 0 Å². The van der Waals surface area contributed by atoms with Gasteiger partial charge < -0.3 is 0 Å². The Morgan fingerprint density at radius 1 is 1.75 bits per heavy atom. The fraction of sp³-hybridized carbons (Fsp3) is 0. The maximum absolute atomic E-state index is 9.87. The molecule has 42 valence electrons. The van der Waals surface area contributed by atoms with Gasteiger partial charge in [0.2, 0.25) is 0 Å². The summed E-state index contributed by atoms with van der Waals surface area (Å²) in [5, 5.41) is 0. The van der Waals surface area contributed by atoms with Gasteiger partial charge in [-0.3, -0.25) is 0 Å². The third kappa shape index (κ3) is 3.82. The molecule has 0 heterocycles. The van der Waals surface area contributed by atoms with Gasteiger partial charge in [-0.05, 0) is 0 Å². The first-order chi connectivity index (χ1) is 3.81. The number of carbonyl (C=O) groups is 1. The van der Waals surface area contributed by atoms with Gasteiger partial charge in [-0.2, -0.15) is 0 Å². The summed E-state index contributed by atoms with van der Waals surface area (Å²) in [5.41, 5.74) is 0. The van der Waals surface area contributed by atoms with Crippen molar-refractivity contribution < 1.29 is 24.1 Å². The SMILES string of the molecule is C=CN=C[C](=[W])C=O. The van der Waals surface area contributed by atoms with Gasteiger partial charge in [0.15, 0.2) is 0 Å². The Morgan fingerprint density at radius 3 is 2.75 bits per heavy atom. The summed E-state index contributed by atoms with van der Waals surface area (Å²) >= 11 is 1.13. The first kappa shape index (κ1) is 7.64. The number of nitrogens with zero attached hydrogens (tertiary/aromatic N) is 1. The molecule has 0 radical (unpaired) electrons. The first-order valence-corrected chi connectivity index (χ1v) is 3.41. The van der Waals surface area contributed by atoms with E-state index in [1.54, 1.807) is 0 Å². The van der Waals surface area contributed by atoms with Crippen molar-refractivity contribution in [2.75, 3.05) is 0 Å². The van der Waals surface area contributed by atoms with Gasteiger partial charge in [-0.15, -0.1) is 0 Å². The second-order valence-electron chi connectivity index (χ2n) is 0.981. The third-order valence-corrected chi connectivity index (χ3v) is 1.15. The first-order valence-electron chi connectivity index (χ1n) is 1.94. The molecule has 0 unspecified atom stereocenters. The van der Waals surface area contributed by atoms with E-state index in [1.165, 1.54) is 12.4 Å². The number of aliphatic imine (C=N–C) groups is 1. The fourth-order valence-corrected chi connectivity index (χ4v) is 0.375. The van der Waals surface area contributed by atoms with E-state index in [2.05, 4.69) is 11.6 Å². The molecular weight excluding hydrogens is 274 g/mol. The topological polar surface area (TPSA) is 29.4 Å². The van der Waals surface area contributed by atoms with Crippen LogP contribution in [0.25, 0.3) is 0 Å². The molecule has 0 aliphatic heterocycles. The van der Waals surface area contributed by atoms with Gasteiger partial charge in [0.05, 0.1) is 0 Å². The van der Waals surface area contributed by atoms with E-state index in [0.717, 1.165) is 25.6 Å². The van der Waals surface area contributed by atoms with Crippen LogP contribution in [0, 0.1) is 0 Å². The molecule has 0 N–H and O–H groups in total. The average molecular weight is 279 g/mol. The van der Waals surface area contributed by atoms with Gasteiger partial charge >= 0.3 is 58.3 Å². The Kier molecular flexibility index (Phi) is 4.57. The van der Waals surface area contributed by atoms with E-state index in [0.29, 0.717) is 3.90 Å². The van der Waals surface area contributed by atoms with E-state index in [4.69, 9.17) is 0 Å². The van der Waals surface area contributed by atoms with E-state index in [-0.39, 0.29) is 0 Å². The van der Waals surface area contributed by atoms with Crippen LogP contribution in [-0.2, 0) is 24.1 Å². The van der Waals surface area contributed by atoms with Gasteiger partial charge in [-0.1, -0.05) is 0 Å². The molecule has 0 rings (SSSR count). The van der Waals surface area contributed by atoms with Crippen LogP contribution in [0.2, 0.25) is 0 Å². The molecule has 0 spiro atoms. The van der Waals surface area contributed by atoms with Crippen molar-refractivity contribution in [3.8, 4) is 0 Å². The van der Waals surface area contributed by atoms with Crippen LogP contribution in [0.4, 0.5) is 0 Å². The van der Waals surface area contributed by atoms with E-state index in [1.807, 2.05) is 0 Å². The molecule has 0 aromatic heterocycles. The molecule has 0 aliphatic rings. The Bertz CT molecular complexity index is 139. The zero-order chi connectivity index (χ0) is 6.41. The number of aldehydes is 1. The van der Waals surface area contributed by atoms with Crippen molar-refractivity contribution in [2.24, 2.45) is 4.99 Å². The van der Waals surface area contributed by atoms with E-state index in [9.17, 15) is 4.79 Å². The number of hydrogen-bond acceptors (Lipinski definition) is 2. The van der Waals surface area contributed by atoms with Crippen molar-refractivity contribution in [1.29, 1.82) is 0 Å². The van der Waals surface area contributed by atoms with Gasteiger partial charge in [-0.25, -0.2) is 0 Å². The summed E-state index contributed by atoms with van der Waals surface area (Å²) in [7, 11) is 0. The zero-order valence-electron chi connectivity index (χ0n) is 4.20. The molecule has 0 atom stereocenters. The summed E-state index contributed by atoms with van der Waals surface area (Å²) < 4.78 is 0.685. The van der Waals surface area contributed by atoms with Crippen molar-refractivity contribution in [3.63, 3.8) is 0 Å². The van der Waals surface area contributed by atoms with Crippen LogP contribution < -0.4 is 0 Å². The van der Waals surface area contributed by atoms with Crippen molar-refractivity contribution >= 4 is 16.4 Å². The molecule has 0 amide bonds. The molecule has 0 bridgehead atoms. The predicted octanol–water partition coefficient (Wildman–Crippen LogP) is 0.119. The van der Waals surface area contributed by atoms with Crippen molar-refractivity contribution in [3.05, 3.63) is 12.8 Å². The molecule has 0 aliphatic carbocycles. The van der Waals surface area contributed by atoms with E-state index < -0.39 is 0 Å². The van der Waals surface area contributed by atoms with E-state index >= 15 is 0 Å². The van der Waals surface area contributed by atoms with Crippen LogP contribution in [0.3, 0.4) is 0 Å². The minimum atomic E-state index is 0.685. The minimum absolute atomic E-state index is 0.685. The van der Waals surface area contributed by atoms with Crippen LogP contribution in [0.1, 0.15) is 0 Å². The van der Waals surface area contributed by atoms with Crippen LogP contribution in [0.15, 0.2) is 17.8 Å². The predicted molar refractivity (Wildman–Crippen MR) is 29.8 cm³/mol. The Balaban J connectivity index is 3.69. The zero-order valence-corrected chi connectivity index (χ0v) is 7.14. The quantitative estimate of drug-likeness (QED) is 0.533.